The molecule has 0 bridgehead atoms. The van der Waals surface area contributed by atoms with Crippen molar-refractivity contribution in [1.29, 1.82) is 0 Å². The molecule has 0 aliphatic heterocycles. The van der Waals surface area contributed by atoms with Gasteiger partial charge in [-0.15, -0.1) is 11.3 Å². The third-order valence-electron chi connectivity index (χ3n) is 2.40. The van der Waals surface area contributed by atoms with Crippen molar-refractivity contribution in [3.05, 3.63) is 19.2 Å². The van der Waals surface area contributed by atoms with Gasteiger partial charge in [0.15, 0.2) is 0 Å². The molecule has 0 saturated heterocycles. The van der Waals surface area contributed by atoms with Crippen molar-refractivity contribution in [1.82, 2.24) is 4.90 Å². The van der Waals surface area contributed by atoms with Gasteiger partial charge in [-0.3, -0.25) is 4.90 Å². The highest BCUT2D eigenvalue weighted by molar-refractivity contribution is 9.13. The summed E-state index contributed by atoms with van der Waals surface area (Å²) in [5.74, 6) is 0. The van der Waals surface area contributed by atoms with Crippen molar-refractivity contribution in [3.8, 4) is 0 Å². The van der Waals surface area contributed by atoms with E-state index in [1.807, 2.05) is 0 Å². The van der Waals surface area contributed by atoms with Gasteiger partial charge in [0.2, 0.25) is 0 Å². The number of methoxy groups -OCH3 is 1. The van der Waals surface area contributed by atoms with E-state index in [-0.39, 0.29) is 6.04 Å². The number of hydrogen-bond donors (Lipinski definition) is 1. The van der Waals surface area contributed by atoms with Gasteiger partial charge in [-0.2, -0.15) is 0 Å². The van der Waals surface area contributed by atoms with Crippen LogP contribution in [0.25, 0.3) is 0 Å². The van der Waals surface area contributed by atoms with Crippen molar-refractivity contribution < 1.29 is 4.74 Å². The number of ether oxygens (including phenoxy) is 1. The number of halogens is 2. The molecule has 0 fully saturated rings. The number of thiophene rings is 1. The zero-order valence-electron chi connectivity index (χ0n) is 9.37. The lowest BCUT2D eigenvalue weighted by molar-refractivity contribution is 0.141. The lowest BCUT2D eigenvalue weighted by atomic mass is 10.2. The molecule has 0 saturated carbocycles. The van der Waals surface area contributed by atoms with Crippen LogP contribution in [-0.2, 0) is 4.74 Å². The average molecular weight is 372 g/mol. The first-order valence-corrected chi connectivity index (χ1v) is 7.34. The Labute approximate surface area is 117 Å². The Morgan fingerprint density at radius 2 is 2.25 bits per heavy atom. The second-order valence-corrected chi connectivity index (χ2v) is 6.75. The Morgan fingerprint density at radius 1 is 1.56 bits per heavy atom. The molecule has 1 unspecified atom stereocenters. The summed E-state index contributed by atoms with van der Waals surface area (Å²) in [6, 6.07) is 2.37. The number of hydrogen-bond acceptors (Lipinski definition) is 4. The Balaban J connectivity index is 2.73. The standard InChI is InChI=1S/C10H16Br2N2OS/c1-14(3-4-15-2)8(6-13)9-5-7(11)10(12)16-9/h5,8H,3-4,6,13H2,1-2H3. The lowest BCUT2D eigenvalue weighted by Gasteiger charge is -2.25. The summed E-state index contributed by atoms with van der Waals surface area (Å²) < 4.78 is 7.28. The minimum atomic E-state index is 0.253. The summed E-state index contributed by atoms with van der Waals surface area (Å²) in [7, 11) is 3.78. The van der Waals surface area contributed by atoms with Crippen molar-refractivity contribution in [3.63, 3.8) is 0 Å². The normalized spacial score (nSPS) is 13.4. The molecule has 0 aliphatic rings. The Kier molecular flexibility index (Phi) is 6.46. The van der Waals surface area contributed by atoms with E-state index >= 15 is 0 Å². The second kappa shape index (κ2) is 7.08. The van der Waals surface area contributed by atoms with Crippen molar-refractivity contribution in [2.24, 2.45) is 5.73 Å². The summed E-state index contributed by atoms with van der Waals surface area (Å²) >= 11 is 8.71. The smallest absolute Gasteiger partial charge is 0.0843 e. The number of rotatable bonds is 6. The molecule has 92 valence electrons. The molecule has 1 aromatic rings. The predicted molar refractivity (Wildman–Crippen MR) is 76.0 cm³/mol. The largest absolute Gasteiger partial charge is 0.383 e. The highest BCUT2D eigenvalue weighted by Gasteiger charge is 2.18. The van der Waals surface area contributed by atoms with Crippen LogP contribution < -0.4 is 5.73 Å². The average Bonchev–Trinajstić information content (AvgIpc) is 2.57. The van der Waals surface area contributed by atoms with E-state index in [4.69, 9.17) is 10.5 Å². The molecule has 0 amide bonds. The molecule has 2 N–H and O–H groups in total. The van der Waals surface area contributed by atoms with Crippen LogP contribution in [0.1, 0.15) is 10.9 Å². The first-order chi connectivity index (χ1) is 7.60. The summed E-state index contributed by atoms with van der Waals surface area (Å²) in [4.78, 5) is 3.48. The molecule has 0 aromatic carbocycles. The van der Waals surface area contributed by atoms with Crippen LogP contribution >= 0.6 is 43.2 Å². The van der Waals surface area contributed by atoms with Gasteiger partial charge in [-0.05, 0) is 45.0 Å². The minimum Gasteiger partial charge on any atom is -0.383 e. The van der Waals surface area contributed by atoms with Crippen LogP contribution in [-0.4, -0.2) is 38.8 Å². The van der Waals surface area contributed by atoms with Crippen LogP contribution in [0.15, 0.2) is 14.3 Å². The maximum absolute atomic E-state index is 5.83. The highest BCUT2D eigenvalue weighted by atomic mass is 79.9. The molecular formula is C10H16Br2N2OS. The molecule has 0 radical (unpaired) electrons. The molecule has 6 heteroatoms. The van der Waals surface area contributed by atoms with E-state index in [0.717, 1.165) is 21.4 Å². The van der Waals surface area contributed by atoms with Crippen LogP contribution in [0.4, 0.5) is 0 Å². The maximum atomic E-state index is 5.83. The Hall–Kier alpha value is 0.540. The third-order valence-corrected chi connectivity index (χ3v) is 5.75. The van der Waals surface area contributed by atoms with Gasteiger partial charge in [0.25, 0.3) is 0 Å². The third kappa shape index (κ3) is 3.78. The van der Waals surface area contributed by atoms with Gasteiger partial charge < -0.3 is 10.5 Å². The van der Waals surface area contributed by atoms with Gasteiger partial charge in [-0.25, -0.2) is 0 Å². The molecule has 16 heavy (non-hydrogen) atoms. The number of likely N-dealkylation sites (N-methyl/N-ethyl adjacent to an activating group) is 1. The Morgan fingerprint density at radius 3 is 2.69 bits per heavy atom. The van der Waals surface area contributed by atoms with E-state index in [0.29, 0.717) is 6.54 Å². The molecule has 3 nitrogen and oxygen atoms in total. The van der Waals surface area contributed by atoms with Crippen molar-refractivity contribution in [2.75, 3.05) is 33.9 Å². The fourth-order valence-corrected chi connectivity index (χ4v) is 3.70. The molecule has 0 spiro atoms. The van der Waals surface area contributed by atoms with Gasteiger partial charge >= 0.3 is 0 Å². The molecular weight excluding hydrogens is 356 g/mol. The van der Waals surface area contributed by atoms with E-state index in [2.05, 4.69) is 49.9 Å². The molecule has 1 atom stereocenters. The Bertz CT molecular complexity index is 313. The van der Waals surface area contributed by atoms with Gasteiger partial charge in [0.1, 0.15) is 0 Å². The van der Waals surface area contributed by atoms with Gasteiger partial charge in [0, 0.05) is 29.5 Å². The van der Waals surface area contributed by atoms with E-state index < -0.39 is 0 Å². The topological polar surface area (TPSA) is 38.5 Å². The number of nitrogens with zero attached hydrogens (tertiary/aromatic N) is 1. The monoisotopic (exact) mass is 370 g/mol. The lowest BCUT2D eigenvalue weighted by Crippen LogP contribution is -2.32. The van der Waals surface area contributed by atoms with Crippen molar-refractivity contribution >= 4 is 43.2 Å². The summed E-state index contributed by atoms with van der Waals surface area (Å²) in [5.41, 5.74) is 5.83. The summed E-state index contributed by atoms with van der Waals surface area (Å²) in [6.07, 6.45) is 0. The summed E-state index contributed by atoms with van der Waals surface area (Å²) in [5, 5.41) is 0. The second-order valence-electron chi connectivity index (χ2n) is 3.50. The summed E-state index contributed by atoms with van der Waals surface area (Å²) in [6.45, 7) is 2.21. The fraction of sp³-hybridized carbons (Fsp3) is 0.600. The van der Waals surface area contributed by atoms with Crippen molar-refractivity contribution in [2.45, 2.75) is 6.04 Å². The first kappa shape index (κ1) is 14.6. The van der Waals surface area contributed by atoms with E-state index in [9.17, 15) is 0 Å². The quantitative estimate of drug-likeness (QED) is 0.835. The van der Waals surface area contributed by atoms with Crippen LogP contribution in [0, 0.1) is 0 Å². The zero-order valence-corrected chi connectivity index (χ0v) is 13.4. The maximum Gasteiger partial charge on any atom is 0.0843 e. The first-order valence-electron chi connectivity index (χ1n) is 4.94. The molecule has 1 rings (SSSR count). The van der Waals surface area contributed by atoms with Crippen LogP contribution in [0.5, 0.6) is 0 Å². The molecule has 1 aromatic heterocycles. The van der Waals surface area contributed by atoms with E-state index in [1.54, 1.807) is 18.4 Å². The molecule has 0 aliphatic carbocycles. The van der Waals surface area contributed by atoms with Crippen LogP contribution in [0.3, 0.4) is 0 Å². The minimum absolute atomic E-state index is 0.253. The number of nitrogens with two attached hydrogens (primary N) is 1. The van der Waals surface area contributed by atoms with Crippen LogP contribution in [0.2, 0.25) is 0 Å². The SMILES string of the molecule is COCCN(C)C(CN)c1cc(Br)c(Br)s1. The van der Waals surface area contributed by atoms with E-state index in [1.165, 1.54) is 4.88 Å². The van der Waals surface area contributed by atoms with Gasteiger partial charge in [-0.1, -0.05) is 0 Å². The van der Waals surface area contributed by atoms with Gasteiger partial charge in [0.05, 0.1) is 16.4 Å². The fourth-order valence-electron chi connectivity index (χ4n) is 1.43. The highest BCUT2D eigenvalue weighted by Crippen LogP contribution is 2.36. The zero-order chi connectivity index (χ0) is 12.1. The predicted octanol–water partition coefficient (Wildman–Crippen LogP) is 2.85. The molecule has 1 heterocycles.